The Bertz CT molecular complexity index is 781. The Kier molecular flexibility index (Phi) is 5.98. The van der Waals surface area contributed by atoms with Gasteiger partial charge in [0.25, 0.3) is 0 Å². The molecule has 1 fully saturated rings. The van der Waals surface area contributed by atoms with Crippen molar-refractivity contribution in [1.82, 2.24) is 14.5 Å². The van der Waals surface area contributed by atoms with Gasteiger partial charge in [-0.1, -0.05) is 11.6 Å². The lowest BCUT2D eigenvalue weighted by atomic mass is 9.97. The van der Waals surface area contributed by atoms with Gasteiger partial charge in [0.15, 0.2) is 0 Å². The van der Waals surface area contributed by atoms with Crippen LogP contribution in [-0.4, -0.2) is 58.2 Å². The van der Waals surface area contributed by atoms with Crippen molar-refractivity contribution in [1.29, 1.82) is 0 Å². The number of hydrogen-bond acceptors (Lipinski definition) is 5. The van der Waals surface area contributed by atoms with E-state index in [4.69, 9.17) is 26.8 Å². The molecular weight excluding hydrogens is 372 g/mol. The molecule has 0 radical (unpaired) electrons. The summed E-state index contributed by atoms with van der Waals surface area (Å²) in [6.45, 7) is 1.22. The fourth-order valence-corrected chi connectivity index (χ4v) is 3.13. The maximum atomic E-state index is 12.6. The SMILES string of the molecule is NC(=O)C[C@@]1(COc2ccc(Cl)cc2)CN(C(=O)Cn2ccnc2)CCO1. The lowest BCUT2D eigenvalue weighted by Crippen LogP contribution is -2.58. The smallest absolute Gasteiger partial charge is 0.242 e. The second-order valence-electron chi connectivity index (χ2n) is 6.47. The van der Waals surface area contributed by atoms with Crippen molar-refractivity contribution in [2.45, 2.75) is 18.6 Å². The highest BCUT2D eigenvalue weighted by Crippen LogP contribution is 2.25. The van der Waals surface area contributed by atoms with Crippen LogP contribution in [-0.2, 0) is 20.9 Å². The number of carbonyl (C=O) groups excluding carboxylic acids is 2. The van der Waals surface area contributed by atoms with Crippen LogP contribution < -0.4 is 10.5 Å². The molecule has 8 nitrogen and oxygen atoms in total. The molecule has 0 spiro atoms. The first-order valence-corrected chi connectivity index (χ1v) is 8.88. The van der Waals surface area contributed by atoms with Gasteiger partial charge in [-0.25, -0.2) is 4.98 Å². The minimum absolute atomic E-state index is 0.0462. The zero-order valence-corrected chi connectivity index (χ0v) is 15.5. The molecule has 9 heteroatoms. The molecule has 2 amide bonds. The van der Waals surface area contributed by atoms with Crippen molar-refractivity contribution in [3.63, 3.8) is 0 Å². The monoisotopic (exact) mass is 392 g/mol. The summed E-state index contributed by atoms with van der Waals surface area (Å²) >= 11 is 5.88. The van der Waals surface area contributed by atoms with Crippen LogP contribution >= 0.6 is 11.6 Å². The van der Waals surface area contributed by atoms with Crippen LogP contribution in [0.25, 0.3) is 0 Å². The largest absolute Gasteiger partial charge is 0.490 e. The summed E-state index contributed by atoms with van der Waals surface area (Å²) in [6.07, 6.45) is 4.87. The summed E-state index contributed by atoms with van der Waals surface area (Å²) < 4.78 is 13.4. The minimum Gasteiger partial charge on any atom is -0.490 e. The number of rotatable bonds is 7. The normalized spacial score (nSPS) is 19.7. The number of morpholine rings is 1. The molecular formula is C18H21ClN4O4. The highest BCUT2D eigenvalue weighted by molar-refractivity contribution is 6.30. The molecule has 144 valence electrons. The van der Waals surface area contributed by atoms with E-state index in [1.807, 2.05) is 0 Å². The summed E-state index contributed by atoms with van der Waals surface area (Å²) in [5.74, 6) is -0.0102. The molecule has 0 unspecified atom stereocenters. The molecule has 27 heavy (non-hydrogen) atoms. The molecule has 3 rings (SSSR count). The summed E-state index contributed by atoms with van der Waals surface area (Å²) in [5.41, 5.74) is 4.43. The van der Waals surface area contributed by atoms with Gasteiger partial charge < -0.3 is 24.7 Å². The molecule has 0 bridgehead atoms. The zero-order chi connectivity index (χ0) is 19.3. The van der Waals surface area contributed by atoms with Crippen LogP contribution in [0.15, 0.2) is 43.0 Å². The number of benzene rings is 1. The van der Waals surface area contributed by atoms with E-state index >= 15 is 0 Å². The van der Waals surface area contributed by atoms with Crippen LogP contribution in [0.2, 0.25) is 5.02 Å². The van der Waals surface area contributed by atoms with Gasteiger partial charge in [0.1, 0.15) is 24.5 Å². The fourth-order valence-electron chi connectivity index (χ4n) is 3.00. The van der Waals surface area contributed by atoms with Crippen LogP contribution in [0.4, 0.5) is 0 Å². The van der Waals surface area contributed by atoms with Gasteiger partial charge in [-0.15, -0.1) is 0 Å². The van der Waals surface area contributed by atoms with E-state index in [2.05, 4.69) is 4.98 Å². The number of halogens is 1. The lowest BCUT2D eigenvalue weighted by molar-refractivity contribution is -0.162. The number of ether oxygens (including phenoxy) is 2. The fraction of sp³-hybridized carbons (Fsp3) is 0.389. The van der Waals surface area contributed by atoms with Crippen molar-refractivity contribution < 1.29 is 19.1 Å². The number of carbonyl (C=O) groups is 2. The Labute approximate surface area is 161 Å². The van der Waals surface area contributed by atoms with Crippen molar-refractivity contribution >= 4 is 23.4 Å². The minimum atomic E-state index is -0.992. The van der Waals surface area contributed by atoms with Crippen molar-refractivity contribution in [2.24, 2.45) is 5.73 Å². The summed E-state index contributed by atoms with van der Waals surface area (Å²) in [7, 11) is 0. The Hall–Kier alpha value is -2.58. The first-order valence-electron chi connectivity index (χ1n) is 8.50. The van der Waals surface area contributed by atoms with Gasteiger partial charge in [0, 0.05) is 24.0 Å². The quantitative estimate of drug-likeness (QED) is 0.760. The van der Waals surface area contributed by atoms with E-state index in [1.54, 1.807) is 52.5 Å². The van der Waals surface area contributed by atoms with Crippen LogP contribution in [0.1, 0.15) is 6.42 Å². The van der Waals surface area contributed by atoms with E-state index in [9.17, 15) is 9.59 Å². The summed E-state index contributed by atoms with van der Waals surface area (Å²) in [4.78, 5) is 29.8. The topological polar surface area (TPSA) is 99.7 Å². The molecule has 2 aromatic rings. The molecule has 0 aliphatic carbocycles. The molecule has 0 saturated carbocycles. The van der Waals surface area contributed by atoms with E-state index in [0.29, 0.717) is 23.9 Å². The number of imidazole rings is 1. The Morgan fingerprint density at radius 1 is 1.33 bits per heavy atom. The highest BCUT2D eigenvalue weighted by atomic mass is 35.5. The van der Waals surface area contributed by atoms with Gasteiger partial charge in [-0.3, -0.25) is 9.59 Å². The number of nitrogens with zero attached hydrogens (tertiary/aromatic N) is 3. The van der Waals surface area contributed by atoms with Crippen molar-refractivity contribution in [3.8, 4) is 5.75 Å². The molecule has 2 N–H and O–H groups in total. The third-order valence-corrected chi connectivity index (χ3v) is 4.54. The predicted molar refractivity (Wildman–Crippen MR) is 98.2 cm³/mol. The molecule has 2 heterocycles. The maximum Gasteiger partial charge on any atom is 0.242 e. The Morgan fingerprint density at radius 2 is 2.11 bits per heavy atom. The van der Waals surface area contributed by atoms with Crippen molar-refractivity contribution in [2.75, 3.05) is 26.3 Å². The van der Waals surface area contributed by atoms with Gasteiger partial charge in [0.2, 0.25) is 11.8 Å². The van der Waals surface area contributed by atoms with Gasteiger partial charge >= 0.3 is 0 Å². The maximum absolute atomic E-state index is 12.6. The second kappa shape index (κ2) is 8.41. The predicted octanol–water partition coefficient (Wildman–Crippen LogP) is 1.09. The van der Waals surface area contributed by atoms with E-state index in [0.717, 1.165) is 0 Å². The Balaban J connectivity index is 1.69. The number of hydrogen-bond donors (Lipinski definition) is 1. The highest BCUT2D eigenvalue weighted by Gasteiger charge is 2.40. The Morgan fingerprint density at radius 3 is 2.78 bits per heavy atom. The van der Waals surface area contributed by atoms with E-state index < -0.39 is 11.5 Å². The van der Waals surface area contributed by atoms with E-state index in [1.165, 1.54) is 0 Å². The van der Waals surface area contributed by atoms with Crippen LogP contribution in [0.5, 0.6) is 5.75 Å². The summed E-state index contributed by atoms with van der Waals surface area (Å²) in [6, 6.07) is 6.87. The summed E-state index contributed by atoms with van der Waals surface area (Å²) in [5, 5.41) is 0.597. The molecule has 1 saturated heterocycles. The molecule has 1 aliphatic heterocycles. The first kappa shape index (κ1) is 19.2. The molecule has 1 aromatic heterocycles. The average Bonchev–Trinajstić information content (AvgIpc) is 3.14. The molecule has 1 aliphatic rings. The standard InChI is InChI=1S/C18H21ClN4O4/c19-14-1-3-15(4-2-14)26-12-18(9-16(20)24)11-23(7-8-27-18)17(25)10-22-6-5-21-13-22/h1-6,13H,7-12H2,(H2,20,24)/t18-/m0/s1. The third-order valence-electron chi connectivity index (χ3n) is 4.29. The number of aromatic nitrogens is 2. The number of amides is 2. The van der Waals surface area contributed by atoms with Gasteiger partial charge in [-0.05, 0) is 24.3 Å². The third kappa shape index (κ3) is 5.21. The number of nitrogens with two attached hydrogens (primary N) is 1. The first-order chi connectivity index (χ1) is 13.0. The lowest BCUT2D eigenvalue weighted by Gasteiger charge is -2.42. The zero-order valence-electron chi connectivity index (χ0n) is 14.7. The average molecular weight is 393 g/mol. The molecule has 1 aromatic carbocycles. The second-order valence-corrected chi connectivity index (χ2v) is 6.90. The van der Waals surface area contributed by atoms with E-state index in [-0.39, 0.29) is 32.0 Å². The van der Waals surface area contributed by atoms with Gasteiger partial charge in [0.05, 0.1) is 25.9 Å². The number of primary amides is 1. The van der Waals surface area contributed by atoms with Crippen molar-refractivity contribution in [3.05, 3.63) is 48.0 Å². The van der Waals surface area contributed by atoms with Gasteiger partial charge in [-0.2, -0.15) is 0 Å². The molecule has 1 atom stereocenters. The van der Waals surface area contributed by atoms with Crippen LogP contribution in [0, 0.1) is 0 Å². The van der Waals surface area contributed by atoms with Crippen LogP contribution in [0.3, 0.4) is 0 Å².